The molecule has 0 amide bonds. The number of hydrogen-bond acceptors (Lipinski definition) is 4. The van der Waals surface area contributed by atoms with Gasteiger partial charge in [-0.15, -0.1) is 0 Å². The van der Waals surface area contributed by atoms with Gasteiger partial charge in [-0.1, -0.05) is 6.07 Å². The third-order valence-electron chi connectivity index (χ3n) is 3.85. The van der Waals surface area contributed by atoms with Crippen LogP contribution in [-0.4, -0.2) is 51.8 Å². The Kier molecular flexibility index (Phi) is 6.15. The van der Waals surface area contributed by atoms with Crippen LogP contribution in [0.1, 0.15) is 18.4 Å². The average Bonchev–Trinajstić information content (AvgIpc) is 2.52. The molecule has 4 heteroatoms. The number of aryl methyl sites for hydroxylation is 1. The number of nitrogens with zero attached hydrogens (tertiary/aromatic N) is 1. The topological polar surface area (TPSA) is 33.7 Å². The number of hydrogen-bond donors (Lipinski definition) is 1. The third-order valence-corrected chi connectivity index (χ3v) is 3.85. The lowest BCUT2D eigenvalue weighted by molar-refractivity contribution is 0.237. The van der Waals surface area contributed by atoms with E-state index >= 15 is 0 Å². The molecule has 1 aliphatic heterocycles. The molecular weight excluding hydrogens is 252 g/mol. The van der Waals surface area contributed by atoms with Crippen molar-refractivity contribution in [1.82, 2.24) is 10.2 Å². The van der Waals surface area contributed by atoms with Crippen molar-refractivity contribution in [3.63, 3.8) is 0 Å². The summed E-state index contributed by atoms with van der Waals surface area (Å²) >= 11 is 0. The van der Waals surface area contributed by atoms with Crippen molar-refractivity contribution < 1.29 is 9.47 Å². The second-order valence-electron chi connectivity index (χ2n) is 5.24. The Morgan fingerprint density at radius 1 is 1.05 bits per heavy atom. The Hall–Kier alpha value is -1.26. The fourth-order valence-corrected chi connectivity index (χ4v) is 2.64. The molecule has 1 heterocycles. The van der Waals surface area contributed by atoms with Crippen LogP contribution in [0.3, 0.4) is 0 Å². The van der Waals surface area contributed by atoms with E-state index in [0.29, 0.717) is 0 Å². The minimum absolute atomic E-state index is 0.803. The van der Waals surface area contributed by atoms with Crippen LogP contribution >= 0.6 is 0 Å². The maximum absolute atomic E-state index is 5.34. The lowest BCUT2D eigenvalue weighted by Gasteiger charge is -2.27. The van der Waals surface area contributed by atoms with Crippen LogP contribution in [0.15, 0.2) is 18.2 Å². The highest BCUT2D eigenvalue weighted by atomic mass is 16.5. The second kappa shape index (κ2) is 8.12. The fourth-order valence-electron chi connectivity index (χ4n) is 2.64. The van der Waals surface area contributed by atoms with Gasteiger partial charge in [0.05, 0.1) is 14.2 Å². The van der Waals surface area contributed by atoms with E-state index in [-0.39, 0.29) is 0 Å². The van der Waals surface area contributed by atoms with Gasteiger partial charge in [0.15, 0.2) is 11.5 Å². The molecule has 20 heavy (non-hydrogen) atoms. The van der Waals surface area contributed by atoms with Crippen molar-refractivity contribution >= 4 is 0 Å². The maximum atomic E-state index is 5.34. The smallest absolute Gasteiger partial charge is 0.160 e. The Morgan fingerprint density at radius 3 is 2.50 bits per heavy atom. The molecule has 112 valence electrons. The molecular formula is C16H26N2O2. The molecule has 0 aliphatic carbocycles. The molecule has 1 aromatic carbocycles. The van der Waals surface area contributed by atoms with Gasteiger partial charge in [0, 0.05) is 26.2 Å². The predicted molar refractivity (Wildman–Crippen MR) is 81.8 cm³/mol. The maximum Gasteiger partial charge on any atom is 0.160 e. The monoisotopic (exact) mass is 278 g/mol. The number of benzene rings is 1. The minimum Gasteiger partial charge on any atom is -0.493 e. The molecule has 0 saturated carbocycles. The zero-order valence-electron chi connectivity index (χ0n) is 12.7. The summed E-state index contributed by atoms with van der Waals surface area (Å²) in [4.78, 5) is 2.55. The number of methoxy groups -OCH3 is 2. The number of rotatable bonds is 7. The summed E-state index contributed by atoms with van der Waals surface area (Å²) in [6, 6.07) is 6.21. The first-order valence-electron chi connectivity index (χ1n) is 7.47. The van der Waals surface area contributed by atoms with Gasteiger partial charge in [-0.05, 0) is 43.5 Å². The summed E-state index contributed by atoms with van der Waals surface area (Å²) in [5.74, 6) is 1.63. The SMILES string of the molecule is COc1ccc(CCCCN2CCNCC2)cc1OC. The van der Waals surface area contributed by atoms with Crippen molar-refractivity contribution in [2.75, 3.05) is 46.9 Å². The number of nitrogens with one attached hydrogen (secondary N) is 1. The largest absolute Gasteiger partial charge is 0.493 e. The summed E-state index contributed by atoms with van der Waals surface area (Å²) in [6.45, 7) is 5.87. The molecule has 1 saturated heterocycles. The molecule has 1 fully saturated rings. The van der Waals surface area contributed by atoms with E-state index in [1.807, 2.05) is 6.07 Å². The fraction of sp³-hybridized carbons (Fsp3) is 0.625. The molecule has 1 aromatic rings. The minimum atomic E-state index is 0.803. The highest BCUT2D eigenvalue weighted by Crippen LogP contribution is 2.28. The number of unbranched alkanes of at least 4 members (excludes halogenated alkanes) is 1. The van der Waals surface area contributed by atoms with Crippen LogP contribution in [0.4, 0.5) is 0 Å². The van der Waals surface area contributed by atoms with Crippen molar-refractivity contribution in [3.05, 3.63) is 23.8 Å². The normalized spacial score (nSPS) is 16.1. The van der Waals surface area contributed by atoms with E-state index < -0.39 is 0 Å². The summed E-state index contributed by atoms with van der Waals surface area (Å²) < 4.78 is 10.6. The molecule has 0 radical (unpaired) electrons. The molecule has 0 spiro atoms. The van der Waals surface area contributed by atoms with Gasteiger partial charge in [0.2, 0.25) is 0 Å². The summed E-state index contributed by atoms with van der Waals surface area (Å²) in [5, 5.41) is 3.39. The van der Waals surface area contributed by atoms with Gasteiger partial charge < -0.3 is 19.7 Å². The average molecular weight is 278 g/mol. The molecule has 0 bridgehead atoms. The van der Waals surface area contributed by atoms with E-state index in [1.165, 1.54) is 38.0 Å². The molecule has 1 N–H and O–H groups in total. The van der Waals surface area contributed by atoms with Gasteiger partial charge in [0.1, 0.15) is 0 Å². The van der Waals surface area contributed by atoms with Gasteiger partial charge in [0.25, 0.3) is 0 Å². The van der Waals surface area contributed by atoms with Crippen LogP contribution in [0.5, 0.6) is 11.5 Å². The zero-order chi connectivity index (χ0) is 14.2. The van der Waals surface area contributed by atoms with E-state index in [1.54, 1.807) is 14.2 Å². The number of piperazine rings is 1. The van der Waals surface area contributed by atoms with E-state index in [0.717, 1.165) is 31.0 Å². The Labute approximate surface area is 122 Å². The van der Waals surface area contributed by atoms with Crippen LogP contribution in [0.2, 0.25) is 0 Å². The standard InChI is InChI=1S/C16H26N2O2/c1-19-15-7-6-14(13-16(15)20-2)5-3-4-10-18-11-8-17-9-12-18/h6-7,13,17H,3-5,8-12H2,1-2H3. The third kappa shape index (κ3) is 4.39. The van der Waals surface area contributed by atoms with Crippen molar-refractivity contribution in [3.8, 4) is 11.5 Å². The first-order valence-corrected chi connectivity index (χ1v) is 7.47. The van der Waals surface area contributed by atoms with Crippen LogP contribution in [0, 0.1) is 0 Å². The molecule has 4 nitrogen and oxygen atoms in total. The Bertz CT molecular complexity index is 403. The summed E-state index contributed by atoms with van der Waals surface area (Å²) in [7, 11) is 3.36. The first kappa shape index (κ1) is 15.1. The van der Waals surface area contributed by atoms with Crippen LogP contribution in [-0.2, 0) is 6.42 Å². The number of ether oxygens (including phenoxy) is 2. The quantitative estimate of drug-likeness (QED) is 0.773. The molecule has 0 unspecified atom stereocenters. The van der Waals surface area contributed by atoms with Crippen molar-refractivity contribution in [2.24, 2.45) is 0 Å². The molecule has 0 aromatic heterocycles. The Morgan fingerprint density at radius 2 is 1.80 bits per heavy atom. The van der Waals surface area contributed by atoms with Gasteiger partial charge in [-0.2, -0.15) is 0 Å². The highest BCUT2D eigenvalue weighted by Gasteiger charge is 2.09. The van der Waals surface area contributed by atoms with Gasteiger partial charge in [-0.3, -0.25) is 0 Å². The second-order valence-corrected chi connectivity index (χ2v) is 5.24. The molecule has 2 rings (SSSR count). The Balaban J connectivity index is 1.73. The molecule has 0 atom stereocenters. The highest BCUT2D eigenvalue weighted by molar-refractivity contribution is 5.42. The first-order chi connectivity index (χ1) is 9.83. The predicted octanol–water partition coefficient (Wildman–Crippen LogP) is 1.93. The van der Waals surface area contributed by atoms with Crippen molar-refractivity contribution in [2.45, 2.75) is 19.3 Å². The lowest BCUT2D eigenvalue weighted by Crippen LogP contribution is -2.43. The van der Waals surface area contributed by atoms with Gasteiger partial charge in [-0.25, -0.2) is 0 Å². The van der Waals surface area contributed by atoms with E-state index in [9.17, 15) is 0 Å². The van der Waals surface area contributed by atoms with Crippen LogP contribution < -0.4 is 14.8 Å². The van der Waals surface area contributed by atoms with E-state index in [2.05, 4.69) is 22.3 Å². The van der Waals surface area contributed by atoms with Gasteiger partial charge >= 0.3 is 0 Å². The van der Waals surface area contributed by atoms with E-state index in [4.69, 9.17) is 9.47 Å². The molecule has 1 aliphatic rings. The van der Waals surface area contributed by atoms with Crippen molar-refractivity contribution in [1.29, 1.82) is 0 Å². The lowest BCUT2D eigenvalue weighted by atomic mass is 10.1. The summed E-state index contributed by atoms with van der Waals surface area (Å²) in [5.41, 5.74) is 1.32. The zero-order valence-corrected chi connectivity index (χ0v) is 12.7. The van der Waals surface area contributed by atoms with Crippen LogP contribution in [0.25, 0.3) is 0 Å². The summed E-state index contributed by atoms with van der Waals surface area (Å²) in [6.07, 6.45) is 3.58.